The van der Waals surface area contributed by atoms with E-state index in [1.54, 1.807) is 24.3 Å². The van der Waals surface area contributed by atoms with Crippen LogP contribution in [0.15, 0.2) is 90.5 Å². The molecule has 0 spiro atoms. The number of rotatable bonds is 9. The molecule has 0 aliphatic carbocycles. The Balaban J connectivity index is 1.71. The Morgan fingerprint density at radius 2 is 1.53 bits per heavy atom. The molecule has 1 heterocycles. The molecule has 4 rings (SSSR count). The number of amides is 1. The molecule has 1 amide bonds. The number of hydrogen-bond donors (Lipinski definition) is 1. The molecule has 174 valence electrons. The minimum Gasteiger partial charge on any atom is -0.507 e. The van der Waals surface area contributed by atoms with Gasteiger partial charge in [0.1, 0.15) is 11.5 Å². The maximum Gasteiger partial charge on any atom is 0.295 e. The van der Waals surface area contributed by atoms with Crippen molar-refractivity contribution in [3.05, 3.63) is 107 Å². The van der Waals surface area contributed by atoms with Crippen molar-refractivity contribution in [3.63, 3.8) is 0 Å². The molecular weight excluding hydrogens is 426 g/mol. The molecule has 3 aromatic rings. The van der Waals surface area contributed by atoms with Gasteiger partial charge in [0, 0.05) is 12.1 Å². The van der Waals surface area contributed by atoms with Crippen LogP contribution in [-0.2, 0) is 16.1 Å². The Bertz CT molecular complexity index is 1150. The average molecular weight is 456 g/mol. The van der Waals surface area contributed by atoms with E-state index in [1.165, 1.54) is 4.90 Å². The van der Waals surface area contributed by atoms with E-state index >= 15 is 0 Å². The summed E-state index contributed by atoms with van der Waals surface area (Å²) in [7, 11) is 0. The van der Waals surface area contributed by atoms with Gasteiger partial charge in [0.25, 0.3) is 11.7 Å². The van der Waals surface area contributed by atoms with Crippen LogP contribution in [-0.4, -0.2) is 28.3 Å². The maximum atomic E-state index is 13.1. The van der Waals surface area contributed by atoms with Crippen LogP contribution in [0.5, 0.6) is 5.75 Å². The molecule has 5 heteroatoms. The first kappa shape index (κ1) is 23.3. The quantitative estimate of drug-likeness (QED) is 0.189. The van der Waals surface area contributed by atoms with Crippen molar-refractivity contribution in [1.82, 2.24) is 4.90 Å². The van der Waals surface area contributed by atoms with E-state index in [2.05, 4.69) is 6.92 Å². The van der Waals surface area contributed by atoms with Crippen molar-refractivity contribution < 1.29 is 19.4 Å². The van der Waals surface area contributed by atoms with Crippen LogP contribution in [0.3, 0.4) is 0 Å². The van der Waals surface area contributed by atoms with Gasteiger partial charge in [0.05, 0.1) is 18.2 Å². The average Bonchev–Trinajstić information content (AvgIpc) is 3.12. The van der Waals surface area contributed by atoms with Gasteiger partial charge in [-0.1, -0.05) is 92.6 Å². The van der Waals surface area contributed by atoms with Crippen molar-refractivity contribution in [3.8, 4) is 5.75 Å². The Kier molecular flexibility index (Phi) is 7.43. The minimum atomic E-state index is -0.699. The van der Waals surface area contributed by atoms with Gasteiger partial charge in [0.2, 0.25) is 0 Å². The fourth-order valence-corrected chi connectivity index (χ4v) is 4.21. The van der Waals surface area contributed by atoms with Gasteiger partial charge in [-0.25, -0.2) is 0 Å². The predicted molar refractivity (Wildman–Crippen MR) is 132 cm³/mol. The zero-order valence-corrected chi connectivity index (χ0v) is 19.3. The number of ether oxygens (including phenoxy) is 1. The van der Waals surface area contributed by atoms with E-state index in [0.717, 1.165) is 36.1 Å². The van der Waals surface area contributed by atoms with Crippen LogP contribution >= 0.6 is 0 Å². The fraction of sp³-hybridized carbons (Fsp3) is 0.241. The zero-order chi connectivity index (χ0) is 23.9. The number of carbonyl (C=O) groups excluding carboxylic acids is 2. The number of likely N-dealkylation sites (tertiary alicyclic amines) is 1. The SMILES string of the molecule is CCCCCOc1ccc(C2/C(=C(\O)c3ccccc3)C(=O)C(=O)N2Cc2ccccc2)cc1. The number of nitrogens with zero attached hydrogens (tertiary/aromatic N) is 1. The normalized spacial score (nSPS) is 17.2. The summed E-state index contributed by atoms with van der Waals surface area (Å²) in [6.07, 6.45) is 3.24. The number of benzene rings is 3. The zero-order valence-electron chi connectivity index (χ0n) is 19.3. The third-order valence-corrected chi connectivity index (χ3v) is 6.00. The summed E-state index contributed by atoms with van der Waals surface area (Å²) in [6.45, 7) is 3.06. The molecule has 1 unspecified atom stereocenters. The van der Waals surface area contributed by atoms with Crippen LogP contribution < -0.4 is 4.74 Å². The highest BCUT2D eigenvalue weighted by atomic mass is 16.5. The van der Waals surface area contributed by atoms with E-state index in [4.69, 9.17) is 4.74 Å². The lowest BCUT2D eigenvalue weighted by atomic mass is 9.95. The van der Waals surface area contributed by atoms with Gasteiger partial charge >= 0.3 is 0 Å². The van der Waals surface area contributed by atoms with Gasteiger partial charge in [-0.15, -0.1) is 0 Å². The van der Waals surface area contributed by atoms with Gasteiger partial charge in [-0.2, -0.15) is 0 Å². The van der Waals surface area contributed by atoms with Gasteiger partial charge in [-0.05, 0) is 29.7 Å². The molecule has 34 heavy (non-hydrogen) atoms. The lowest BCUT2D eigenvalue weighted by Crippen LogP contribution is -2.29. The van der Waals surface area contributed by atoms with Crippen molar-refractivity contribution in [2.24, 2.45) is 0 Å². The van der Waals surface area contributed by atoms with Gasteiger partial charge in [-0.3, -0.25) is 9.59 Å². The monoisotopic (exact) mass is 455 g/mol. The number of aliphatic hydroxyl groups is 1. The first-order chi connectivity index (χ1) is 16.6. The lowest BCUT2D eigenvalue weighted by molar-refractivity contribution is -0.140. The second-order valence-corrected chi connectivity index (χ2v) is 8.40. The first-order valence-electron chi connectivity index (χ1n) is 11.7. The van der Waals surface area contributed by atoms with E-state index < -0.39 is 17.7 Å². The molecule has 5 nitrogen and oxygen atoms in total. The molecule has 1 N–H and O–H groups in total. The standard InChI is InChI=1S/C29H29NO4/c1-2-3-10-19-34-24-17-15-22(16-18-24)26-25(27(31)23-13-8-5-9-14-23)28(32)29(33)30(26)20-21-11-6-4-7-12-21/h4-9,11-18,26,31H,2-3,10,19-20H2,1H3/b27-25+. The number of Topliss-reactive ketones (excluding diaryl/α,β-unsaturated/α-hetero) is 1. The fourth-order valence-electron chi connectivity index (χ4n) is 4.21. The summed E-state index contributed by atoms with van der Waals surface area (Å²) in [5, 5.41) is 11.1. The molecule has 0 saturated carbocycles. The Morgan fingerprint density at radius 1 is 0.882 bits per heavy atom. The van der Waals surface area contributed by atoms with Crippen molar-refractivity contribution >= 4 is 17.4 Å². The van der Waals surface area contributed by atoms with Crippen molar-refractivity contribution in [2.45, 2.75) is 38.8 Å². The van der Waals surface area contributed by atoms with Crippen LogP contribution in [0.1, 0.15) is 48.9 Å². The molecule has 0 radical (unpaired) electrons. The molecule has 0 aromatic heterocycles. The maximum absolute atomic E-state index is 13.1. The van der Waals surface area contributed by atoms with Crippen LogP contribution in [0.4, 0.5) is 0 Å². The molecule has 1 saturated heterocycles. The highest BCUT2D eigenvalue weighted by molar-refractivity contribution is 6.46. The van der Waals surface area contributed by atoms with E-state index in [9.17, 15) is 14.7 Å². The predicted octanol–water partition coefficient (Wildman–Crippen LogP) is 5.88. The Hall–Kier alpha value is -3.86. The third-order valence-electron chi connectivity index (χ3n) is 6.00. The van der Waals surface area contributed by atoms with Gasteiger partial charge in [0.15, 0.2) is 0 Å². The highest BCUT2D eigenvalue weighted by Gasteiger charge is 2.46. The summed E-state index contributed by atoms with van der Waals surface area (Å²) in [4.78, 5) is 27.8. The Labute approximate surface area is 200 Å². The topological polar surface area (TPSA) is 66.8 Å². The molecule has 0 bridgehead atoms. The molecule has 1 atom stereocenters. The summed E-state index contributed by atoms with van der Waals surface area (Å²) in [6, 6.07) is 25.1. The van der Waals surface area contributed by atoms with E-state index in [1.807, 2.05) is 60.7 Å². The third kappa shape index (κ3) is 5.04. The molecule has 1 aliphatic rings. The molecule has 1 fully saturated rings. The minimum absolute atomic E-state index is 0.101. The molecule has 1 aliphatic heterocycles. The number of aliphatic hydroxyl groups excluding tert-OH is 1. The smallest absolute Gasteiger partial charge is 0.295 e. The number of unbranched alkanes of at least 4 members (excludes halogenated alkanes) is 2. The highest BCUT2D eigenvalue weighted by Crippen LogP contribution is 2.40. The first-order valence-corrected chi connectivity index (χ1v) is 11.7. The lowest BCUT2D eigenvalue weighted by Gasteiger charge is -2.25. The van der Waals surface area contributed by atoms with E-state index in [-0.39, 0.29) is 17.9 Å². The van der Waals surface area contributed by atoms with Crippen molar-refractivity contribution in [1.29, 1.82) is 0 Å². The number of ketones is 1. The molecule has 3 aromatic carbocycles. The van der Waals surface area contributed by atoms with Crippen molar-refractivity contribution in [2.75, 3.05) is 6.61 Å². The second-order valence-electron chi connectivity index (χ2n) is 8.40. The summed E-state index contributed by atoms with van der Waals surface area (Å²) >= 11 is 0. The largest absolute Gasteiger partial charge is 0.507 e. The van der Waals surface area contributed by atoms with Crippen LogP contribution in [0.25, 0.3) is 5.76 Å². The Morgan fingerprint density at radius 3 is 2.18 bits per heavy atom. The summed E-state index contributed by atoms with van der Waals surface area (Å²) in [5.74, 6) is -0.726. The summed E-state index contributed by atoms with van der Waals surface area (Å²) < 4.78 is 5.83. The molecular formula is C29H29NO4. The number of carbonyl (C=O) groups is 2. The van der Waals surface area contributed by atoms with Crippen LogP contribution in [0.2, 0.25) is 0 Å². The van der Waals surface area contributed by atoms with Gasteiger partial charge < -0.3 is 14.7 Å². The second kappa shape index (κ2) is 10.8. The van der Waals surface area contributed by atoms with Crippen LogP contribution in [0, 0.1) is 0 Å². The summed E-state index contributed by atoms with van der Waals surface area (Å²) in [5.41, 5.74) is 2.25. The number of hydrogen-bond acceptors (Lipinski definition) is 4. The van der Waals surface area contributed by atoms with E-state index in [0.29, 0.717) is 12.2 Å².